The summed E-state index contributed by atoms with van der Waals surface area (Å²) in [4.78, 5) is 14.6. The molecular formula is C21H25ClN4OS. The second-order valence-electron chi connectivity index (χ2n) is 7.58. The molecule has 3 aromatic rings. The van der Waals surface area contributed by atoms with Crippen LogP contribution in [0.1, 0.15) is 41.6 Å². The van der Waals surface area contributed by atoms with Gasteiger partial charge < -0.3 is 15.0 Å². The van der Waals surface area contributed by atoms with Crippen molar-refractivity contribution in [3.8, 4) is 5.75 Å². The smallest absolute Gasteiger partial charge is 0.139 e. The summed E-state index contributed by atoms with van der Waals surface area (Å²) in [6, 6.07) is 5.86. The molecule has 2 aromatic heterocycles. The van der Waals surface area contributed by atoms with Crippen molar-refractivity contribution >= 4 is 39.0 Å². The third kappa shape index (κ3) is 3.69. The summed E-state index contributed by atoms with van der Waals surface area (Å²) in [5.74, 6) is 2.78. The van der Waals surface area contributed by atoms with E-state index in [4.69, 9.17) is 26.3 Å². The van der Waals surface area contributed by atoms with Crippen molar-refractivity contribution in [2.45, 2.75) is 39.3 Å². The average Bonchev–Trinajstić information content (AvgIpc) is 3.03. The number of fused-ring (bicyclic) bond motifs is 3. The van der Waals surface area contributed by atoms with E-state index >= 15 is 0 Å². The minimum Gasteiger partial charge on any atom is -0.495 e. The van der Waals surface area contributed by atoms with Crippen LogP contribution in [-0.4, -0.2) is 35.6 Å². The minimum atomic E-state index is 0.280. The number of halogens is 1. The van der Waals surface area contributed by atoms with Crippen LogP contribution in [-0.2, 0) is 19.5 Å². The van der Waals surface area contributed by atoms with Crippen molar-refractivity contribution < 1.29 is 4.74 Å². The number of hydrogen-bond donors (Lipinski definition) is 1. The Hall–Kier alpha value is -1.89. The molecular weight excluding hydrogens is 392 g/mol. The molecule has 0 radical (unpaired) electrons. The summed E-state index contributed by atoms with van der Waals surface area (Å²) >= 11 is 8.09. The fourth-order valence-corrected chi connectivity index (χ4v) is 5.12. The predicted molar refractivity (Wildman–Crippen MR) is 117 cm³/mol. The summed E-state index contributed by atoms with van der Waals surface area (Å²) in [6.45, 7) is 6.97. The Morgan fingerprint density at radius 3 is 2.86 bits per heavy atom. The SMILES string of the molecule is COc1ccc(CNc2nc(C(C)C)nc3sc4c(c23)CCN(C)C4)cc1Cl. The molecule has 0 spiro atoms. The lowest BCUT2D eigenvalue weighted by Gasteiger charge is -2.22. The minimum absolute atomic E-state index is 0.280. The maximum atomic E-state index is 6.28. The first-order valence-electron chi connectivity index (χ1n) is 9.53. The highest BCUT2D eigenvalue weighted by Crippen LogP contribution is 2.38. The number of nitrogens with zero attached hydrogens (tertiary/aromatic N) is 3. The maximum Gasteiger partial charge on any atom is 0.139 e. The molecule has 148 valence electrons. The van der Waals surface area contributed by atoms with Crippen LogP contribution in [0.4, 0.5) is 5.82 Å². The molecule has 1 aliphatic rings. The van der Waals surface area contributed by atoms with Crippen LogP contribution in [0.5, 0.6) is 5.75 Å². The van der Waals surface area contributed by atoms with E-state index in [0.29, 0.717) is 17.3 Å². The molecule has 1 aromatic carbocycles. The van der Waals surface area contributed by atoms with Crippen LogP contribution in [0.2, 0.25) is 5.02 Å². The van der Waals surface area contributed by atoms with Gasteiger partial charge in [0, 0.05) is 30.4 Å². The molecule has 0 atom stereocenters. The van der Waals surface area contributed by atoms with E-state index < -0.39 is 0 Å². The van der Waals surface area contributed by atoms with Crippen molar-refractivity contribution in [3.05, 3.63) is 45.1 Å². The fourth-order valence-electron chi connectivity index (χ4n) is 3.53. The van der Waals surface area contributed by atoms with Gasteiger partial charge in [0.15, 0.2) is 0 Å². The van der Waals surface area contributed by atoms with Crippen LogP contribution >= 0.6 is 22.9 Å². The average molecular weight is 417 g/mol. The van der Waals surface area contributed by atoms with Gasteiger partial charge in [0.05, 0.1) is 17.5 Å². The van der Waals surface area contributed by atoms with Gasteiger partial charge in [-0.05, 0) is 36.7 Å². The first-order chi connectivity index (χ1) is 13.5. The number of likely N-dealkylation sites (N-methyl/N-ethyl adjacent to an activating group) is 1. The van der Waals surface area contributed by atoms with Crippen LogP contribution in [0.3, 0.4) is 0 Å². The molecule has 5 nitrogen and oxygen atoms in total. The summed E-state index contributed by atoms with van der Waals surface area (Å²) in [5.41, 5.74) is 2.50. The second kappa shape index (κ2) is 7.85. The van der Waals surface area contributed by atoms with Gasteiger partial charge in [-0.15, -0.1) is 11.3 Å². The number of benzene rings is 1. The molecule has 3 heterocycles. The van der Waals surface area contributed by atoms with Crippen molar-refractivity contribution in [2.75, 3.05) is 26.0 Å². The third-order valence-electron chi connectivity index (χ3n) is 5.10. The van der Waals surface area contributed by atoms with Crippen LogP contribution in [0, 0.1) is 0 Å². The Kier molecular flexibility index (Phi) is 5.45. The number of methoxy groups -OCH3 is 1. The highest BCUT2D eigenvalue weighted by molar-refractivity contribution is 7.19. The molecule has 1 aliphatic heterocycles. The lowest BCUT2D eigenvalue weighted by molar-refractivity contribution is 0.318. The molecule has 28 heavy (non-hydrogen) atoms. The molecule has 0 amide bonds. The molecule has 0 aliphatic carbocycles. The molecule has 0 fully saturated rings. The summed E-state index contributed by atoms with van der Waals surface area (Å²) in [6.07, 6.45) is 1.04. The van der Waals surface area contributed by atoms with Gasteiger partial charge in [0.2, 0.25) is 0 Å². The van der Waals surface area contributed by atoms with Gasteiger partial charge in [-0.1, -0.05) is 31.5 Å². The number of anilines is 1. The molecule has 1 N–H and O–H groups in total. The number of aromatic nitrogens is 2. The van der Waals surface area contributed by atoms with E-state index in [-0.39, 0.29) is 5.92 Å². The number of hydrogen-bond acceptors (Lipinski definition) is 6. The highest BCUT2D eigenvalue weighted by atomic mass is 35.5. The van der Waals surface area contributed by atoms with Gasteiger partial charge in [0.25, 0.3) is 0 Å². The molecule has 0 saturated carbocycles. The number of nitrogens with one attached hydrogen (secondary N) is 1. The fraction of sp³-hybridized carbons (Fsp3) is 0.429. The number of ether oxygens (including phenoxy) is 1. The zero-order valence-electron chi connectivity index (χ0n) is 16.7. The van der Waals surface area contributed by atoms with Crippen molar-refractivity contribution in [1.29, 1.82) is 0 Å². The van der Waals surface area contributed by atoms with Crippen molar-refractivity contribution in [1.82, 2.24) is 14.9 Å². The normalized spacial score (nSPS) is 14.5. The monoisotopic (exact) mass is 416 g/mol. The van der Waals surface area contributed by atoms with E-state index in [1.807, 2.05) is 29.5 Å². The van der Waals surface area contributed by atoms with Gasteiger partial charge in [-0.25, -0.2) is 9.97 Å². The maximum absolute atomic E-state index is 6.28. The quantitative estimate of drug-likeness (QED) is 0.628. The molecule has 0 saturated heterocycles. The number of rotatable bonds is 5. The van der Waals surface area contributed by atoms with Crippen LogP contribution < -0.4 is 10.1 Å². The van der Waals surface area contributed by atoms with Crippen LogP contribution in [0.15, 0.2) is 18.2 Å². The first-order valence-corrected chi connectivity index (χ1v) is 10.7. The van der Waals surface area contributed by atoms with Crippen molar-refractivity contribution in [3.63, 3.8) is 0 Å². The molecule has 0 unspecified atom stereocenters. The summed E-state index contributed by atoms with van der Waals surface area (Å²) in [5, 5.41) is 5.36. The molecule has 4 rings (SSSR count). The van der Waals surface area contributed by atoms with Gasteiger partial charge in [-0.2, -0.15) is 0 Å². The van der Waals surface area contributed by atoms with E-state index in [1.54, 1.807) is 7.11 Å². The summed E-state index contributed by atoms with van der Waals surface area (Å²) < 4.78 is 5.25. The zero-order valence-corrected chi connectivity index (χ0v) is 18.2. The Morgan fingerprint density at radius 1 is 1.32 bits per heavy atom. The lowest BCUT2D eigenvalue weighted by atomic mass is 10.0. The molecule has 0 bridgehead atoms. The van der Waals surface area contributed by atoms with E-state index in [2.05, 4.69) is 31.1 Å². The van der Waals surface area contributed by atoms with Gasteiger partial charge >= 0.3 is 0 Å². The molecule has 7 heteroatoms. The largest absolute Gasteiger partial charge is 0.495 e. The van der Waals surface area contributed by atoms with Crippen molar-refractivity contribution in [2.24, 2.45) is 0 Å². The predicted octanol–water partition coefficient (Wildman–Crippen LogP) is 5.08. The Morgan fingerprint density at radius 2 is 2.14 bits per heavy atom. The Labute approximate surface area is 174 Å². The first kappa shape index (κ1) is 19.4. The standard InChI is InChI=1S/C21H25ClN4OS/c1-12(2)19-24-20(23-10-13-5-6-16(27-4)15(22)9-13)18-14-7-8-26(3)11-17(14)28-21(18)25-19/h5-6,9,12H,7-8,10-11H2,1-4H3,(H,23,24,25). The topological polar surface area (TPSA) is 50.3 Å². The highest BCUT2D eigenvalue weighted by Gasteiger charge is 2.23. The van der Waals surface area contributed by atoms with E-state index in [1.165, 1.54) is 15.8 Å². The van der Waals surface area contributed by atoms with Gasteiger partial charge in [0.1, 0.15) is 22.2 Å². The van der Waals surface area contributed by atoms with E-state index in [0.717, 1.165) is 41.5 Å². The second-order valence-corrected chi connectivity index (χ2v) is 9.07. The summed E-state index contributed by atoms with van der Waals surface area (Å²) in [7, 11) is 3.80. The van der Waals surface area contributed by atoms with Gasteiger partial charge in [-0.3, -0.25) is 0 Å². The Balaban J connectivity index is 1.71. The third-order valence-corrected chi connectivity index (χ3v) is 6.51. The number of thiophene rings is 1. The zero-order chi connectivity index (χ0) is 19.8. The Bertz CT molecular complexity index is 1020. The van der Waals surface area contributed by atoms with E-state index in [9.17, 15) is 0 Å². The van der Waals surface area contributed by atoms with Crippen LogP contribution in [0.25, 0.3) is 10.2 Å². The lowest BCUT2D eigenvalue weighted by Crippen LogP contribution is -2.25.